The van der Waals surface area contributed by atoms with Crippen LogP contribution in [-0.2, 0) is 11.2 Å². The summed E-state index contributed by atoms with van der Waals surface area (Å²) in [6.45, 7) is 3.78. The molecule has 0 saturated heterocycles. The predicted molar refractivity (Wildman–Crippen MR) is 80.6 cm³/mol. The van der Waals surface area contributed by atoms with Crippen molar-refractivity contribution in [1.82, 2.24) is 15.5 Å². The van der Waals surface area contributed by atoms with Crippen molar-refractivity contribution in [3.8, 4) is 0 Å². The average Bonchev–Trinajstić information content (AvgIpc) is 2.83. The van der Waals surface area contributed by atoms with Crippen LogP contribution in [0.1, 0.15) is 36.4 Å². The van der Waals surface area contributed by atoms with E-state index in [2.05, 4.69) is 15.5 Å². The molecule has 2 atom stereocenters. The second kappa shape index (κ2) is 7.17. The van der Waals surface area contributed by atoms with Gasteiger partial charge in [-0.05, 0) is 37.6 Å². The Balaban J connectivity index is 1.84. The maximum Gasteiger partial charge on any atom is 0.223 e. The van der Waals surface area contributed by atoms with Gasteiger partial charge in [-0.1, -0.05) is 12.1 Å². The summed E-state index contributed by atoms with van der Waals surface area (Å²) in [4.78, 5) is 11.9. The lowest BCUT2D eigenvalue weighted by Crippen LogP contribution is -2.35. The summed E-state index contributed by atoms with van der Waals surface area (Å²) in [6.07, 6.45) is -0.518. The number of aromatic amines is 1. The number of carbonyl (C=O) groups excluding carboxylic acids is 1. The molecule has 1 aromatic carbocycles. The van der Waals surface area contributed by atoms with E-state index >= 15 is 0 Å². The number of rotatable bonds is 6. The first-order valence-electron chi connectivity index (χ1n) is 7.18. The number of hydrogen-bond donors (Lipinski definition) is 3. The number of benzene rings is 1. The summed E-state index contributed by atoms with van der Waals surface area (Å²) in [7, 11) is 0. The van der Waals surface area contributed by atoms with Gasteiger partial charge >= 0.3 is 0 Å². The molecule has 0 bridgehead atoms. The Bertz CT molecular complexity index is 642. The van der Waals surface area contributed by atoms with E-state index in [0.29, 0.717) is 12.0 Å². The molecule has 3 N–H and O–H groups in total. The van der Waals surface area contributed by atoms with Crippen LogP contribution in [0.25, 0.3) is 0 Å². The molecule has 0 aliphatic rings. The van der Waals surface area contributed by atoms with E-state index in [0.717, 1.165) is 11.4 Å². The van der Waals surface area contributed by atoms with Crippen molar-refractivity contribution in [2.45, 2.75) is 38.8 Å². The summed E-state index contributed by atoms with van der Waals surface area (Å²) in [5, 5.41) is 19.7. The number of aliphatic hydroxyl groups excluding tert-OH is 1. The number of nitrogens with zero attached hydrogens (tertiary/aromatic N) is 1. The zero-order chi connectivity index (χ0) is 16.1. The largest absolute Gasteiger partial charge is 0.388 e. The predicted octanol–water partition coefficient (Wildman–Crippen LogP) is 2.03. The summed E-state index contributed by atoms with van der Waals surface area (Å²) >= 11 is 0. The van der Waals surface area contributed by atoms with Crippen LogP contribution in [0.2, 0.25) is 0 Å². The van der Waals surface area contributed by atoms with Gasteiger partial charge in [-0.15, -0.1) is 0 Å². The zero-order valence-corrected chi connectivity index (χ0v) is 12.6. The highest BCUT2D eigenvalue weighted by molar-refractivity contribution is 5.76. The summed E-state index contributed by atoms with van der Waals surface area (Å²) in [5.41, 5.74) is 2.23. The quantitative estimate of drug-likeness (QED) is 0.764. The Hall–Kier alpha value is -2.21. The van der Waals surface area contributed by atoms with Gasteiger partial charge in [0.05, 0.1) is 18.2 Å². The molecular formula is C16H20FN3O2. The normalized spacial score (nSPS) is 13.6. The van der Waals surface area contributed by atoms with Gasteiger partial charge in [0, 0.05) is 18.2 Å². The fourth-order valence-electron chi connectivity index (χ4n) is 2.28. The lowest BCUT2D eigenvalue weighted by atomic mass is 10.1. The van der Waals surface area contributed by atoms with Gasteiger partial charge in [0.2, 0.25) is 5.91 Å². The van der Waals surface area contributed by atoms with Gasteiger partial charge in [0.25, 0.3) is 0 Å². The van der Waals surface area contributed by atoms with E-state index in [4.69, 9.17) is 0 Å². The van der Waals surface area contributed by atoms with Gasteiger partial charge in [0.1, 0.15) is 5.82 Å². The van der Waals surface area contributed by atoms with E-state index < -0.39 is 11.9 Å². The maximum atomic E-state index is 13.1. The van der Waals surface area contributed by atoms with Gasteiger partial charge in [-0.2, -0.15) is 5.10 Å². The van der Waals surface area contributed by atoms with Crippen LogP contribution in [0.3, 0.4) is 0 Å². The van der Waals surface area contributed by atoms with E-state index in [1.54, 1.807) is 6.07 Å². The average molecular weight is 305 g/mol. The molecule has 0 spiro atoms. The molecule has 0 radical (unpaired) electrons. The van der Waals surface area contributed by atoms with Crippen molar-refractivity contribution in [2.75, 3.05) is 0 Å². The molecule has 0 fully saturated rings. The Morgan fingerprint density at radius 3 is 2.86 bits per heavy atom. The van der Waals surface area contributed by atoms with Crippen LogP contribution in [-0.4, -0.2) is 27.3 Å². The molecule has 1 heterocycles. The molecule has 118 valence electrons. The number of aliphatic hydroxyl groups is 1. The first-order chi connectivity index (χ1) is 10.4. The van der Waals surface area contributed by atoms with Crippen molar-refractivity contribution in [3.63, 3.8) is 0 Å². The Morgan fingerprint density at radius 2 is 2.23 bits per heavy atom. The summed E-state index contributed by atoms with van der Waals surface area (Å²) in [5.74, 6) is -0.712. The summed E-state index contributed by atoms with van der Waals surface area (Å²) < 4.78 is 13.1. The molecule has 2 rings (SSSR count). The lowest BCUT2D eigenvalue weighted by Gasteiger charge is -2.15. The van der Waals surface area contributed by atoms with Crippen LogP contribution in [0, 0.1) is 12.7 Å². The molecule has 22 heavy (non-hydrogen) atoms. The van der Waals surface area contributed by atoms with Gasteiger partial charge in [0.15, 0.2) is 0 Å². The van der Waals surface area contributed by atoms with Crippen molar-refractivity contribution in [2.24, 2.45) is 0 Å². The van der Waals surface area contributed by atoms with Crippen molar-refractivity contribution >= 4 is 5.91 Å². The molecule has 1 aromatic heterocycles. The molecular weight excluding hydrogens is 285 g/mol. The number of hydrogen-bond acceptors (Lipinski definition) is 3. The third-order valence-electron chi connectivity index (χ3n) is 3.29. The van der Waals surface area contributed by atoms with Crippen LogP contribution < -0.4 is 5.32 Å². The van der Waals surface area contributed by atoms with Crippen molar-refractivity contribution in [1.29, 1.82) is 0 Å². The number of H-pyrrole nitrogens is 1. The minimum Gasteiger partial charge on any atom is -0.388 e. The smallest absolute Gasteiger partial charge is 0.223 e. The number of aryl methyl sites for hydroxylation is 1. The Morgan fingerprint density at radius 1 is 1.45 bits per heavy atom. The first-order valence-corrected chi connectivity index (χ1v) is 7.18. The van der Waals surface area contributed by atoms with Crippen LogP contribution in [0.15, 0.2) is 30.3 Å². The SMILES string of the molecule is Cc1cc(CC(C)NC(=O)CC(O)c2cccc(F)c2)n[nH]1. The Kier molecular flexibility index (Phi) is 5.27. The number of amides is 1. The van der Waals surface area contributed by atoms with E-state index in [1.807, 2.05) is 19.9 Å². The fourth-order valence-corrected chi connectivity index (χ4v) is 2.28. The number of halogens is 1. The van der Waals surface area contributed by atoms with Crippen LogP contribution in [0.5, 0.6) is 0 Å². The highest BCUT2D eigenvalue weighted by Gasteiger charge is 2.16. The van der Waals surface area contributed by atoms with Crippen molar-refractivity contribution in [3.05, 3.63) is 53.1 Å². The maximum absolute atomic E-state index is 13.1. The summed E-state index contributed by atoms with van der Waals surface area (Å²) in [6, 6.07) is 7.45. The van der Waals surface area contributed by atoms with E-state index in [-0.39, 0.29) is 18.4 Å². The second-order valence-corrected chi connectivity index (χ2v) is 5.49. The molecule has 2 aromatic rings. The van der Waals surface area contributed by atoms with Gasteiger partial charge < -0.3 is 10.4 Å². The highest BCUT2D eigenvalue weighted by Crippen LogP contribution is 2.17. The minimum atomic E-state index is -1.02. The van der Waals surface area contributed by atoms with Gasteiger partial charge in [-0.3, -0.25) is 9.89 Å². The number of aromatic nitrogens is 2. The lowest BCUT2D eigenvalue weighted by molar-refractivity contribution is -0.123. The molecule has 0 aliphatic heterocycles. The molecule has 0 saturated carbocycles. The number of carbonyl (C=O) groups is 1. The molecule has 1 amide bonds. The Labute approximate surface area is 128 Å². The van der Waals surface area contributed by atoms with E-state index in [9.17, 15) is 14.3 Å². The second-order valence-electron chi connectivity index (χ2n) is 5.49. The molecule has 6 heteroatoms. The standard InChI is InChI=1S/C16H20FN3O2/c1-10(6-14-7-11(2)19-20-14)18-16(22)9-15(21)12-4-3-5-13(17)8-12/h3-5,7-8,10,15,21H,6,9H2,1-2H3,(H,18,22)(H,19,20). The topological polar surface area (TPSA) is 78.0 Å². The van der Waals surface area contributed by atoms with Gasteiger partial charge in [-0.25, -0.2) is 4.39 Å². The van der Waals surface area contributed by atoms with Crippen LogP contribution >= 0.6 is 0 Å². The third-order valence-corrected chi connectivity index (χ3v) is 3.29. The molecule has 5 nitrogen and oxygen atoms in total. The minimum absolute atomic E-state index is 0.102. The van der Waals surface area contributed by atoms with Crippen LogP contribution in [0.4, 0.5) is 4.39 Å². The monoisotopic (exact) mass is 305 g/mol. The molecule has 2 unspecified atom stereocenters. The first kappa shape index (κ1) is 16.2. The molecule has 0 aliphatic carbocycles. The fraction of sp³-hybridized carbons (Fsp3) is 0.375. The van der Waals surface area contributed by atoms with Crippen molar-refractivity contribution < 1.29 is 14.3 Å². The highest BCUT2D eigenvalue weighted by atomic mass is 19.1. The zero-order valence-electron chi connectivity index (χ0n) is 12.6. The van der Waals surface area contributed by atoms with E-state index in [1.165, 1.54) is 18.2 Å². The number of nitrogens with one attached hydrogen (secondary N) is 2. The third kappa shape index (κ3) is 4.66.